The molecule has 0 radical (unpaired) electrons. The Hall–Kier alpha value is -8.75. The third-order valence-electron chi connectivity index (χ3n) is 19.0. The molecule has 0 saturated carbocycles. The van der Waals surface area contributed by atoms with Gasteiger partial charge in [-0.05, 0) is 127 Å². The number of allylic oxidation sites excluding steroid dienone is 1. The number of halogens is 1. The number of aliphatic hydroxyl groups is 1. The SMILES string of the molecule is Cc1ncsc1-c1ccc(CN(C=O)[C@@H]2C[C@@H](O)CN2C(=O)[C@@H](NC(=O)CCC(=O)N2CCC(CNc3ccc(S(=O)(=O)NC(=O)c4ccc(N5CCN(CC6=C(c7ccc(Cl)cc7)CC(C)(C)CC6)CC5)cc4Oc4cnc5[nH]ccc5c4)cc3[N+](=O)[O-])CC2)C(C)(C)C)cc1. The number of β-amino-alcohol motifs (C(OH)–C–C–N with tert-alkyl or cyclic N) is 1. The number of pyridine rings is 1. The highest BCUT2D eigenvalue weighted by atomic mass is 35.5. The van der Waals surface area contributed by atoms with Crippen LogP contribution in [0.1, 0.15) is 113 Å². The van der Waals surface area contributed by atoms with Crippen molar-refractivity contribution in [1.29, 1.82) is 0 Å². The first-order valence-electron chi connectivity index (χ1n) is 32.8. The largest absolute Gasteiger partial charge is 0.455 e. The summed E-state index contributed by atoms with van der Waals surface area (Å²) in [7, 11) is -4.70. The van der Waals surface area contributed by atoms with Crippen LogP contribution in [0.15, 0.2) is 125 Å². The Labute approximate surface area is 573 Å². The van der Waals surface area contributed by atoms with E-state index >= 15 is 0 Å². The Kier molecular flexibility index (Phi) is 21.2. The van der Waals surface area contributed by atoms with Crippen molar-refractivity contribution in [3.05, 3.63) is 158 Å². The van der Waals surface area contributed by atoms with Crippen LogP contribution in [0.3, 0.4) is 0 Å². The molecule has 6 heterocycles. The summed E-state index contributed by atoms with van der Waals surface area (Å²) in [6.45, 7) is 16.9. The maximum Gasteiger partial charge on any atom is 0.293 e. The topological polar surface area (TPSA) is 286 Å². The zero-order chi connectivity index (χ0) is 68.9. The van der Waals surface area contributed by atoms with E-state index in [-0.39, 0.29) is 73.1 Å². The molecule has 0 bridgehead atoms. The third kappa shape index (κ3) is 16.8. The van der Waals surface area contributed by atoms with Gasteiger partial charge in [-0.15, -0.1) is 11.3 Å². The first-order valence-corrected chi connectivity index (χ1v) is 35.6. The first kappa shape index (κ1) is 69.6. The number of rotatable bonds is 23. The minimum Gasteiger partial charge on any atom is -0.455 e. The Bertz CT molecular complexity index is 4210. The smallest absolute Gasteiger partial charge is 0.293 e. The fourth-order valence-corrected chi connectivity index (χ4v) is 15.3. The summed E-state index contributed by atoms with van der Waals surface area (Å²) < 4.78 is 36.6. The van der Waals surface area contributed by atoms with Crippen molar-refractivity contribution in [2.75, 3.05) is 69.1 Å². The summed E-state index contributed by atoms with van der Waals surface area (Å²) in [6, 6.07) is 26.8. The number of nitro benzene ring substituents is 1. The van der Waals surface area contributed by atoms with Gasteiger partial charge in [-0.25, -0.2) is 23.1 Å². The maximum atomic E-state index is 14.4. The number of amides is 5. The summed E-state index contributed by atoms with van der Waals surface area (Å²) in [4.78, 5) is 102. The Morgan fingerprint density at radius 3 is 2.36 bits per heavy atom. The molecule has 0 spiro atoms. The molecule has 4 aromatic carbocycles. The summed E-state index contributed by atoms with van der Waals surface area (Å²) in [5.74, 6) is -1.89. The molecule has 4 aliphatic rings. The van der Waals surface area contributed by atoms with E-state index in [0.717, 1.165) is 77.7 Å². The van der Waals surface area contributed by atoms with Gasteiger partial charge in [0.05, 0.1) is 43.8 Å². The number of sulfonamides is 1. The number of nitrogens with zero attached hydrogens (tertiary/aromatic N) is 8. The molecular formula is C71H83ClN12O11S2. The van der Waals surface area contributed by atoms with Gasteiger partial charge in [-0.3, -0.25) is 39.0 Å². The van der Waals surface area contributed by atoms with Gasteiger partial charge in [-0.1, -0.05) is 88.2 Å². The minimum atomic E-state index is -4.70. The number of nitro groups is 1. The number of aromatic amines is 1. The summed E-state index contributed by atoms with van der Waals surface area (Å²) in [5, 5.41) is 30.8. The highest BCUT2D eigenvalue weighted by Crippen LogP contribution is 2.44. The van der Waals surface area contributed by atoms with E-state index < -0.39 is 67.0 Å². The molecule has 3 aliphatic heterocycles. The van der Waals surface area contributed by atoms with Gasteiger partial charge in [0.25, 0.3) is 21.6 Å². The second-order valence-electron chi connectivity index (χ2n) is 27.6. The van der Waals surface area contributed by atoms with Crippen molar-refractivity contribution >= 4 is 96.7 Å². The number of fused-ring (bicyclic) bond motifs is 1. The zero-order valence-electron chi connectivity index (χ0n) is 55.4. The standard InChI is InChI=1S/C71H83ClN12O11S2/c1-45-65(96-43-76-45)49-9-7-47(8-10-49)40-82(44-85)63-35-54(86)42-83(63)69(90)66(70(2,3)4)77-62(87)19-20-64(88)81-27-23-46(24-28-81)38-74-59-18-16-56(36-60(59)84(91)92)97(93,94)78-68(89)57-17-15-53(34-61(57)95-55-33-50-22-26-73-67(50)75-39-55)80-31-29-79(30-32-80)41-51-21-25-71(5,6)37-58(51)48-11-13-52(72)14-12-48/h7-18,22,26,33-34,36,39,43-44,46,54,63,66,74,86H,19-21,23-25,27-32,35,37-38,40-42H2,1-6H3,(H,73,75)(H,77,87)(H,78,89)/t54-,63+,66-/m1/s1. The van der Waals surface area contributed by atoms with Crippen LogP contribution in [-0.4, -0.2) is 160 Å². The van der Waals surface area contributed by atoms with Crippen LogP contribution in [0.5, 0.6) is 11.5 Å². The van der Waals surface area contributed by atoms with Crippen molar-refractivity contribution in [3.63, 3.8) is 0 Å². The maximum absolute atomic E-state index is 14.4. The average molecular weight is 1380 g/mol. The molecule has 7 aromatic rings. The van der Waals surface area contributed by atoms with Gasteiger partial charge in [0.2, 0.25) is 24.1 Å². The van der Waals surface area contributed by atoms with E-state index in [2.05, 4.69) is 66.1 Å². The number of ether oxygens (including phenoxy) is 1. The number of carbonyl (C=O) groups is 5. The molecule has 5 N–H and O–H groups in total. The first-order chi connectivity index (χ1) is 46.3. The lowest BCUT2D eigenvalue weighted by Gasteiger charge is -2.39. The predicted octanol–water partition coefficient (Wildman–Crippen LogP) is 10.8. The molecule has 3 aromatic heterocycles. The second-order valence-corrected chi connectivity index (χ2v) is 30.6. The summed E-state index contributed by atoms with van der Waals surface area (Å²) in [5.41, 5.74) is 8.79. The molecule has 5 amide bonds. The summed E-state index contributed by atoms with van der Waals surface area (Å²) >= 11 is 7.82. The summed E-state index contributed by atoms with van der Waals surface area (Å²) in [6.07, 6.45) is 6.22. The Balaban J connectivity index is 0.676. The number of hydrogen-bond acceptors (Lipinski definition) is 17. The molecule has 512 valence electrons. The molecule has 3 fully saturated rings. The molecular weight excluding hydrogens is 1300 g/mol. The van der Waals surface area contributed by atoms with Crippen LogP contribution in [0.2, 0.25) is 5.02 Å². The van der Waals surface area contributed by atoms with Gasteiger partial charge >= 0.3 is 0 Å². The van der Waals surface area contributed by atoms with Gasteiger partial charge < -0.3 is 45.1 Å². The fraction of sp³-hybridized carbons (Fsp3) is 0.423. The second kappa shape index (κ2) is 29.5. The molecule has 3 atom stereocenters. The number of hydrogen-bond donors (Lipinski definition) is 5. The number of anilines is 2. The molecule has 0 unspecified atom stereocenters. The normalized spacial score (nSPS) is 18.2. The van der Waals surface area contributed by atoms with Crippen molar-refractivity contribution < 1.29 is 47.2 Å². The highest BCUT2D eigenvalue weighted by molar-refractivity contribution is 7.90. The molecule has 97 heavy (non-hydrogen) atoms. The van der Waals surface area contributed by atoms with Gasteiger partial charge in [-0.2, -0.15) is 0 Å². The van der Waals surface area contributed by atoms with E-state index in [0.29, 0.717) is 61.9 Å². The zero-order valence-corrected chi connectivity index (χ0v) is 57.8. The van der Waals surface area contributed by atoms with Crippen molar-refractivity contribution in [2.45, 2.75) is 123 Å². The Morgan fingerprint density at radius 2 is 1.67 bits per heavy atom. The van der Waals surface area contributed by atoms with E-state index in [1.54, 1.807) is 55.6 Å². The monoisotopic (exact) mass is 1380 g/mol. The lowest BCUT2D eigenvalue weighted by Crippen LogP contribution is -2.58. The highest BCUT2D eigenvalue weighted by Gasteiger charge is 2.44. The van der Waals surface area contributed by atoms with Crippen LogP contribution in [-0.2, 0) is 35.7 Å². The molecule has 3 saturated heterocycles. The number of piperidine rings is 1. The minimum absolute atomic E-state index is 0.0320. The number of benzene rings is 4. The van der Waals surface area contributed by atoms with Gasteiger partial charge in [0, 0.05) is 119 Å². The number of nitrogens with one attached hydrogen (secondary N) is 4. The number of aromatic nitrogens is 3. The number of piperazine rings is 1. The van der Waals surface area contributed by atoms with Crippen molar-refractivity contribution in [2.24, 2.45) is 16.7 Å². The van der Waals surface area contributed by atoms with Crippen molar-refractivity contribution in [1.82, 2.24) is 44.6 Å². The quantitative estimate of drug-likeness (QED) is 0.0226. The number of aryl methyl sites for hydroxylation is 1. The van der Waals surface area contributed by atoms with Crippen LogP contribution < -0.4 is 25.0 Å². The molecule has 11 rings (SSSR count). The van der Waals surface area contributed by atoms with Crippen LogP contribution in [0.4, 0.5) is 17.1 Å². The third-order valence-corrected chi connectivity index (χ3v) is 21.5. The number of likely N-dealkylation sites (tertiary alicyclic amines) is 2. The van der Waals surface area contributed by atoms with Crippen LogP contribution in [0.25, 0.3) is 27.0 Å². The number of aliphatic hydroxyl groups excluding tert-OH is 1. The van der Waals surface area contributed by atoms with Gasteiger partial charge in [0.15, 0.2) is 0 Å². The fourth-order valence-electron chi connectivity index (χ4n) is 13.4. The van der Waals surface area contributed by atoms with Crippen LogP contribution in [0, 0.1) is 33.8 Å². The number of carbonyl (C=O) groups excluding carboxylic acids is 5. The van der Waals surface area contributed by atoms with Crippen molar-refractivity contribution in [3.8, 4) is 21.9 Å². The average Bonchev–Trinajstić information content (AvgIpc) is 1.78. The van der Waals surface area contributed by atoms with E-state index in [1.165, 1.54) is 62.2 Å². The van der Waals surface area contributed by atoms with E-state index in [4.69, 9.17) is 16.3 Å². The lowest BCUT2D eigenvalue weighted by atomic mass is 9.72. The molecule has 1 aliphatic carbocycles. The molecule has 26 heteroatoms. The number of thiazole rings is 1. The van der Waals surface area contributed by atoms with Gasteiger partial charge in [0.1, 0.15) is 35.0 Å². The predicted molar refractivity (Wildman–Crippen MR) is 373 cm³/mol. The lowest BCUT2D eigenvalue weighted by molar-refractivity contribution is -0.384. The van der Waals surface area contributed by atoms with E-state index in [9.17, 15) is 47.6 Å². The molecule has 23 nitrogen and oxygen atoms in total. The van der Waals surface area contributed by atoms with Crippen LogP contribution >= 0.6 is 22.9 Å². The Morgan fingerprint density at radius 1 is 0.938 bits per heavy atom. The number of H-pyrrole nitrogens is 1. The van der Waals surface area contributed by atoms with E-state index in [1.807, 2.05) is 49.4 Å².